The molecule has 2 atom stereocenters. The number of carbonyl (C=O) groups is 1. The van der Waals surface area contributed by atoms with Gasteiger partial charge in [0.1, 0.15) is 0 Å². The average molecular weight is 274 g/mol. The van der Waals surface area contributed by atoms with Gasteiger partial charge in [-0.1, -0.05) is 30.3 Å². The van der Waals surface area contributed by atoms with Crippen LogP contribution >= 0.6 is 0 Å². The Morgan fingerprint density at radius 3 is 2.75 bits per heavy atom. The molecule has 1 aromatic carbocycles. The lowest BCUT2D eigenvalue weighted by Gasteiger charge is -2.31. The van der Waals surface area contributed by atoms with Gasteiger partial charge in [0.05, 0.1) is 5.92 Å². The maximum Gasteiger partial charge on any atom is 0.229 e. The third-order valence-electron chi connectivity index (χ3n) is 4.24. The highest BCUT2D eigenvalue weighted by molar-refractivity contribution is 5.83. The molecular formula is C17H26N2O. The van der Waals surface area contributed by atoms with Gasteiger partial charge in [0.25, 0.3) is 0 Å². The van der Waals surface area contributed by atoms with Crippen molar-refractivity contribution >= 4 is 5.91 Å². The van der Waals surface area contributed by atoms with Gasteiger partial charge in [0.15, 0.2) is 0 Å². The van der Waals surface area contributed by atoms with Gasteiger partial charge in [-0.05, 0) is 51.3 Å². The maximum atomic E-state index is 12.7. The first kappa shape index (κ1) is 15.0. The summed E-state index contributed by atoms with van der Waals surface area (Å²) in [5, 5.41) is 3.43. The number of carbonyl (C=O) groups excluding carboxylic acids is 1. The number of hydrogen-bond acceptors (Lipinski definition) is 2. The smallest absolute Gasteiger partial charge is 0.229 e. The van der Waals surface area contributed by atoms with E-state index < -0.39 is 0 Å². The molecule has 1 aliphatic rings. The molecular weight excluding hydrogens is 248 g/mol. The highest BCUT2D eigenvalue weighted by Gasteiger charge is 2.24. The summed E-state index contributed by atoms with van der Waals surface area (Å²) in [4.78, 5) is 14.7. The summed E-state index contributed by atoms with van der Waals surface area (Å²) in [5.41, 5.74) is 1.11. The summed E-state index contributed by atoms with van der Waals surface area (Å²) in [5.74, 6) is 0.813. The quantitative estimate of drug-likeness (QED) is 0.895. The molecule has 1 heterocycles. The van der Waals surface area contributed by atoms with Gasteiger partial charge < -0.3 is 10.2 Å². The van der Waals surface area contributed by atoms with Gasteiger partial charge in [-0.25, -0.2) is 0 Å². The number of amides is 1. The van der Waals surface area contributed by atoms with Gasteiger partial charge in [-0.3, -0.25) is 4.79 Å². The molecule has 1 N–H and O–H groups in total. The molecule has 2 unspecified atom stereocenters. The molecule has 1 amide bonds. The summed E-state index contributed by atoms with van der Waals surface area (Å²) in [6.45, 7) is 7.94. The SMILES string of the molecule is CCN(CC1CCCNC1)C(=O)C(C)c1ccccc1. The van der Waals surface area contributed by atoms with E-state index in [4.69, 9.17) is 0 Å². The number of nitrogens with one attached hydrogen (secondary N) is 1. The minimum atomic E-state index is -0.0484. The lowest BCUT2D eigenvalue weighted by molar-refractivity contribution is -0.133. The molecule has 1 fully saturated rings. The van der Waals surface area contributed by atoms with Gasteiger partial charge in [-0.15, -0.1) is 0 Å². The van der Waals surface area contributed by atoms with Crippen molar-refractivity contribution in [2.75, 3.05) is 26.2 Å². The largest absolute Gasteiger partial charge is 0.342 e. The number of likely N-dealkylation sites (N-methyl/N-ethyl adjacent to an activating group) is 1. The van der Waals surface area contributed by atoms with Crippen molar-refractivity contribution in [2.45, 2.75) is 32.6 Å². The van der Waals surface area contributed by atoms with Crippen LogP contribution in [0, 0.1) is 5.92 Å². The van der Waals surface area contributed by atoms with Crippen LogP contribution in [0.5, 0.6) is 0 Å². The van der Waals surface area contributed by atoms with Crippen LogP contribution in [0.1, 0.15) is 38.2 Å². The van der Waals surface area contributed by atoms with Crippen molar-refractivity contribution in [1.29, 1.82) is 0 Å². The zero-order chi connectivity index (χ0) is 14.4. The summed E-state index contributed by atoms with van der Waals surface area (Å²) in [6.07, 6.45) is 2.46. The minimum absolute atomic E-state index is 0.0484. The van der Waals surface area contributed by atoms with E-state index >= 15 is 0 Å². The van der Waals surface area contributed by atoms with Crippen molar-refractivity contribution in [2.24, 2.45) is 5.92 Å². The second-order valence-electron chi connectivity index (χ2n) is 5.72. The van der Waals surface area contributed by atoms with Crippen LogP contribution in [0.4, 0.5) is 0 Å². The first-order chi connectivity index (χ1) is 9.72. The lowest BCUT2D eigenvalue weighted by atomic mass is 9.96. The van der Waals surface area contributed by atoms with Crippen molar-refractivity contribution in [3.8, 4) is 0 Å². The summed E-state index contributed by atoms with van der Waals surface area (Å²) < 4.78 is 0. The molecule has 2 rings (SSSR count). The molecule has 1 aliphatic heterocycles. The fraction of sp³-hybridized carbons (Fsp3) is 0.588. The molecule has 0 radical (unpaired) electrons. The van der Waals surface area contributed by atoms with Gasteiger partial charge in [0.2, 0.25) is 5.91 Å². The third kappa shape index (κ3) is 3.83. The van der Waals surface area contributed by atoms with E-state index in [1.807, 2.05) is 42.2 Å². The van der Waals surface area contributed by atoms with Crippen molar-refractivity contribution in [3.63, 3.8) is 0 Å². The van der Waals surface area contributed by atoms with Gasteiger partial charge >= 0.3 is 0 Å². The number of hydrogen-bond donors (Lipinski definition) is 1. The van der Waals surface area contributed by atoms with Crippen molar-refractivity contribution in [1.82, 2.24) is 10.2 Å². The first-order valence-corrected chi connectivity index (χ1v) is 7.76. The van der Waals surface area contributed by atoms with Crippen molar-refractivity contribution in [3.05, 3.63) is 35.9 Å². The fourth-order valence-corrected chi connectivity index (χ4v) is 2.92. The number of benzene rings is 1. The maximum absolute atomic E-state index is 12.7. The zero-order valence-electron chi connectivity index (χ0n) is 12.6. The molecule has 3 nitrogen and oxygen atoms in total. The van der Waals surface area contributed by atoms with Gasteiger partial charge in [-0.2, -0.15) is 0 Å². The van der Waals surface area contributed by atoms with E-state index in [1.165, 1.54) is 12.8 Å². The van der Waals surface area contributed by atoms with E-state index in [1.54, 1.807) is 0 Å². The molecule has 3 heteroatoms. The standard InChI is InChI=1S/C17H26N2O/c1-3-19(13-15-8-7-11-18-12-15)17(20)14(2)16-9-5-4-6-10-16/h4-6,9-10,14-15,18H,3,7-8,11-13H2,1-2H3. The fourth-order valence-electron chi connectivity index (χ4n) is 2.92. The Morgan fingerprint density at radius 2 is 2.15 bits per heavy atom. The molecule has 110 valence electrons. The summed E-state index contributed by atoms with van der Waals surface area (Å²) in [6, 6.07) is 10.1. The first-order valence-electron chi connectivity index (χ1n) is 7.76. The van der Waals surface area contributed by atoms with Crippen LogP contribution in [-0.4, -0.2) is 37.0 Å². The zero-order valence-corrected chi connectivity index (χ0v) is 12.6. The number of rotatable bonds is 5. The van der Waals surface area contributed by atoms with Crippen LogP contribution in [0.3, 0.4) is 0 Å². The van der Waals surface area contributed by atoms with Crippen LogP contribution in [0.2, 0.25) is 0 Å². The molecule has 0 aromatic heterocycles. The minimum Gasteiger partial charge on any atom is -0.342 e. The van der Waals surface area contributed by atoms with E-state index in [0.29, 0.717) is 5.92 Å². The summed E-state index contributed by atoms with van der Waals surface area (Å²) >= 11 is 0. The molecule has 0 saturated carbocycles. The molecule has 0 aliphatic carbocycles. The van der Waals surface area contributed by atoms with Crippen LogP contribution in [-0.2, 0) is 4.79 Å². The van der Waals surface area contributed by atoms with E-state index in [9.17, 15) is 4.79 Å². The average Bonchev–Trinajstić information content (AvgIpc) is 2.53. The summed E-state index contributed by atoms with van der Waals surface area (Å²) in [7, 11) is 0. The Kier molecular flexibility index (Phi) is 5.60. The Morgan fingerprint density at radius 1 is 1.40 bits per heavy atom. The Hall–Kier alpha value is -1.35. The van der Waals surface area contributed by atoms with E-state index in [2.05, 4.69) is 12.2 Å². The van der Waals surface area contributed by atoms with E-state index in [0.717, 1.165) is 31.7 Å². The predicted molar refractivity (Wildman–Crippen MR) is 82.7 cm³/mol. The Bertz CT molecular complexity index is 412. The normalized spacial score (nSPS) is 20.4. The molecule has 20 heavy (non-hydrogen) atoms. The Balaban J connectivity index is 1.97. The second-order valence-corrected chi connectivity index (χ2v) is 5.72. The predicted octanol–water partition coefficient (Wildman–Crippen LogP) is 2.64. The molecule has 0 bridgehead atoms. The monoisotopic (exact) mass is 274 g/mol. The highest BCUT2D eigenvalue weighted by Crippen LogP contribution is 2.19. The molecule has 1 aromatic rings. The second kappa shape index (κ2) is 7.44. The number of piperidine rings is 1. The third-order valence-corrected chi connectivity index (χ3v) is 4.24. The Labute approximate surface area is 122 Å². The van der Waals surface area contributed by atoms with E-state index in [-0.39, 0.29) is 11.8 Å². The topological polar surface area (TPSA) is 32.3 Å². The highest BCUT2D eigenvalue weighted by atomic mass is 16.2. The lowest BCUT2D eigenvalue weighted by Crippen LogP contribution is -2.42. The van der Waals surface area contributed by atoms with Crippen LogP contribution in [0.15, 0.2) is 30.3 Å². The number of nitrogens with zero attached hydrogens (tertiary/aromatic N) is 1. The van der Waals surface area contributed by atoms with Crippen LogP contribution in [0.25, 0.3) is 0 Å². The van der Waals surface area contributed by atoms with Crippen LogP contribution < -0.4 is 5.32 Å². The molecule has 0 spiro atoms. The molecule has 1 saturated heterocycles. The van der Waals surface area contributed by atoms with Gasteiger partial charge in [0, 0.05) is 13.1 Å². The van der Waals surface area contributed by atoms with Crippen molar-refractivity contribution < 1.29 is 4.79 Å².